The summed E-state index contributed by atoms with van der Waals surface area (Å²) in [5.41, 5.74) is 1.24. The zero-order valence-corrected chi connectivity index (χ0v) is 15.2. The van der Waals surface area contributed by atoms with Gasteiger partial charge < -0.3 is 24.3 Å². The molecular formula is C14H25IN4O2. The van der Waals surface area contributed by atoms with Gasteiger partial charge in [0.15, 0.2) is 5.96 Å². The number of guanidine groups is 1. The van der Waals surface area contributed by atoms with Gasteiger partial charge in [0.1, 0.15) is 0 Å². The highest BCUT2D eigenvalue weighted by molar-refractivity contribution is 14.0. The molecule has 1 fully saturated rings. The molecule has 7 heteroatoms. The van der Waals surface area contributed by atoms with E-state index in [1.165, 1.54) is 5.69 Å². The molecule has 2 rings (SSSR count). The second kappa shape index (κ2) is 9.26. The van der Waals surface area contributed by atoms with E-state index in [0.29, 0.717) is 26.4 Å². The summed E-state index contributed by atoms with van der Waals surface area (Å²) < 4.78 is 13.1. The van der Waals surface area contributed by atoms with Crippen molar-refractivity contribution >= 4 is 29.9 Å². The normalized spacial score (nSPS) is 19.0. The van der Waals surface area contributed by atoms with Crippen molar-refractivity contribution in [1.82, 2.24) is 14.8 Å². The molecule has 2 heterocycles. The minimum atomic E-state index is 0. The molecule has 1 aliphatic heterocycles. The maximum absolute atomic E-state index is 5.61. The standard InChI is InChI=1S/C14H24N4O2.HI/c1-15-14(16-9-13-11-19-7-8-20-13)18(3)10-12-5-4-6-17(12)2;/h4-6,13H,7-11H2,1-3H3,(H,15,16);1H. The van der Waals surface area contributed by atoms with Crippen LogP contribution in [-0.4, -0.2) is 62.0 Å². The zero-order chi connectivity index (χ0) is 14.4. The number of aryl methyl sites for hydroxylation is 1. The maximum Gasteiger partial charge on any atom is 0.193 e. The second-order valence-electron chi connectivity index (χ2n) is 4.96. The van der Waals surface area contributed by atoms with E-state index >= 15 is 0 Å². The first kappa shape index (κ1) is 18.2. The van der Waals surface area contributed by atoms with Crippen LogP contribution in [0.5, 0.6) is 0 Å². The van der Waals surface area contributed by atoms with Crippen molar-refractivity contribution in [3.8, 4) is 0 Å². The average molecular weight is 408 g/mol. The zero-order valence-electron chi connectivity index (χ0n) is 12.9. The third-order valence-electron chi connectivity index (χ3n) is 3.40. The molecule has 0 spiro atoms. The highest BCUT2D eigenvalue weighted by Gasteiger charge is 2.16. The van der Waals surface area contributed by atoms with E-state index < -0.39 is 0 Å². The number of halogens is 1. The fourth-order valence-corrected chi connectivity index (χ4v) is 2.22. The van der Waals surface area contributed by atoms with Crippen molar-refractivity contribution in [1.29, 1.82) is 0 Å². The van der Waals surface area contributed by atoms with Gasteiger partial charge in [-0.25, -0.2) is 0 Å². The second-order valence-corrected chi connectivity index (χ2v) is 4.96. The van der Waals surface area contributed by atoms with E-state index in [1.54, 1.807) is 7.05 Å². The summed E-state index contributed by atoms with van der Waals surface area (Å²) in [4.78, 5) is 6.40. The van der Waals surface area contributed by atoms with E-state index in [-0.39, 0.29) is 30.1 Å². The van der Waals surface area contributed by atoms with Gasteiger partial charge in [-0.1, -0.05) is 0 Å². The van der Waals surface area contributed by atoms with Crippen LogP contribution in [0, 0.1) is 0 Å². The number of hydrogen-bond donors (Lipinski definition) is 1. The van der Waals surface area contributed by atoms with Gasteiger partial charge >= 0.3 is 0 Å². The summed E-state index contributed by atoms with van der Waals surface area (Å²) in [5.74, 6) is 0.861. The van der Waals surface area contributed by atoms with Crippen LogP contribution in [0.15, 0.2) is 23.3 Å². The fourth-order valence-electron chi connectivity index (χ4n) is 2.22. The van der Waals surface area contributed by atoms with Gasteiger partial charge in [0.05, 0.1) is 32.5 Å². The van der Waals surface area contributed by atoms with E-state index in [0.717, 1.165) is 12.5 Å². The molecule has 0 saturated carbocycles. The molecule has 1 aromatic rings. The third-order valence-corrected chi connectivity index (χ3v) is 3.40. The van der Waals surface area contributed by atoms with Gasteiger partial charge in [-0.3, -0.25) is 4.99 Å². The Balaban J connectivity index is 0.00000220. The Morgan fingerprint density at radius 1 is 1.52 bits per heavy atom. The van der Waals surface area contributed by atoms with Crippen molar-refractivity contribution in [3.05, 3.63) is 24.0 Å². The molecule has 1 aromatic heterocycles. The number of ether oxygens (including phenoxy) is 2. The molecule has 0 bridgehead atoms. The Morgan fingerprint density at radius 2 is 2.33 bits per heavy atom. The summed E-state index contributed by atoms with van der Waals surface area (Å²) in [6.07, 6.45) is 2.15. The molecular weight excluding hydrogens is 383 g/mol. The number of rotatable bonds is 4. The smallest absolute Gasteiger partial charge is 0.193 e. The molecule has 120 valence electrons. The molecule has 1 unspecified atom stereocenters. The lowest BCUT2D eigenvalue weighted by atomic mass is 10.3. The third kappa shape index (κ3) is 5.48. The van der Waals surface area contributed by atoms with Gasteiger partial charge in [0, 0.05) is 39.6 Å². The van der Waals surface area contributed by atoms with E-state index in [1.807, 2.05) is 26.4 Å². The number of aliphatic imine (C=N–C) groups is 1. The SMILES string of the molecule is CN=C(NCC1COCCO1)N(C)Cc1cccn1C.I. The van der Waals surface area contributed by atoms with Crippen molar-refractivity contribution in [3.63, 3.8) is 0 Å². The quantitative estimate of drug-likeness (QED) is 0.460. The van der Waals surface area contributed by atoms with Crippen LogP contribution in [0.4, 0.5) is 0 Å². The van der Waals surface area contributed by atoms with Crippen molar-refractivity contribution in [2.45, 2.75) is 12.6 Å². The molecule has 1 aliphatic rings. The van der Waals surface area contributed by atoms with Crippen molar-refractivity contribution < 1.29 is 9.47 Å². The summed E-state index contributed by atoms with van der Waals surface area (Å²) >= 11 is 0. The van der Waals surface area contributed by atoms with Crippen LogP contribution >= 0.6 is 24.0 Å². The first-order valence-corrected chi connectivity index (χ1v) is 6.92. The summed E-state index contributed by atoms with van der Waals surface area (Å²) in [5, 5.41) is 3.33. The lowest BCUT2D eigenvalue weighted by Gasteiger charge is -2.27. The van der Waals surface area contributed by atoms with Gasteiger partial charge in [0.25, 0.3) is 0 Å². The summed E-state index contributed by atoms with van der Waals surface area (Å²) in [6, 6.07) is 4.16. The molecule has 0 aliphatic carbocycles. The number of hydrogen-bond acceptors (Lipinski definition) is 3. The minimum Gasteiger partial charge on any atom is -0.376 e. The predicted octanol–water partition coefficient (Wildman–Crippen LogP) is 1.07. The molecule has 0 amide bonds. The lowest BCUT2D eigenvalue weighted by Crippen LogP contribution is -2.45. The van der Waals surface area contributed by atoms with Crippen LogP contribution in [0.25, 0.3) is 0 Å². The van der Waals surface area contributed by atoms with E-state index in [9.17, 15) is 0 Å². The van der Waals surface area contributed by atoms with Crippen LogP contribution in [-0.2, 0) is 23.1 Å². The van der Waals surface area contributed by atoms with Crippen molar-refractivity contribution in [2.24, 2.45) is 12.0 Å². The minimum absolute atomic E-state index is 0. The van der Waals surface area contributed by atoms with Crippen LogP contribution in [0.3, 0.4) is 0 Å². The largest absolute Gasteiger partial charge is 0.376 e. The predicted molar refractivity (Wildman–Crippen MR) is 94.2 cm³/mol. The van der Waals surface area contributed by atoms with E-state index in [2.05, 4.69) is 25.8 Å². The monoisotopic (exact) mass is 408 g/mol. The highest BCUT2D eigenvalue weighted by atomic mass is 127. The molecule has 6 nitrogen and oxygen atoms in total. The number of nitrogens with one attached hydrogen (secondary N) is 1. The fraction of sp³-hybridized carbons (Fsp3) is 0.643. The van der Waals surface area contributed by atoms with Crippen LogP contribution in [0.2, 0.25) is 0 Å². The Labute approximate surface area is 143 Å². The van der Waals surface area contributed by atoms with Crippen LogP contribution in [0.1, 0.15) is 5.69 Å². The topological polar surface area (TPSA) is 51.0 Å². The molecule has 0 aromatic carbocycles. The van der Waals surface area contributed by atoms with Crippen molar-refractivity contribution in [2.75, 3.05) is 40.5 Å². The number of nitrogens with zero attached hydrogens (tertiary/aromatic N) is 3. The Kier molecular flexibility index (Phi) is 8.05. The Morgan fingerprint density at radius 3 is 2.90 bits per heavy atom. The first-order chi connectivity index (χ1) is 9.70. The van der Waals surface area contributed by atoms with Crippen LogP contribution < -0.4 is 5.32 Å². The number of aromatic nitrogens is 1. The van der Waals surface area contributed by atoms with Gasteiger partial charge in [-0.05, 0) is 12.1 Å². The molecule has 1 N–H and O–H groups in total. The van der Waals surface area contributed by atoms with Gasteiger partial charge in [-0.15, -0.1) is 24.0 Å². The average Bonchev–Trinajstić information content (AvgIpc) is 2.86. The highest BCUT2D eigenvalue weighted by Crippen LogP contribution is 2.04. The Hall–Kier alpha value is -0.800. The molecule has 1 saturated heterocycles. The summed E-state index contributed by atoms with van der Waals surface area (Å²) in [6.45, 7) is 3.53. The first-order valence-electron chi connectivity index (χ1n) is 6.92. The molecule has 0 radical (unpaired) electrons. The lowest BCUT2D eigenvalue weighted by molar-refractivity contribution is -0.0851. The van der Waals surface area contributed by atoms with E-state index in [4.69, 9.17) is 9.47 Å². The molecule has 1 atom stereocenters. The molecule has 21 heavy (non-hydrogen) atoms. The van der Waals surface area contributed by atoms with Gasteiger partial charge in [0.2, 0.25) is 0 Å². The van der Waals surface area contributed by atoms with Gasteiger partial charge in [-0.2, -0.15) is 0 Å². The maximum atomic E-state index is 5.61. The Bertz CT molecular complexity index is 444. The summed E-state index contributed by atoms with van der Waals surface area (Å²) in [7, 11) is 5.87.